The first-order chi connectivity index (χ1) is 16.2. The number of methoxy groups -OCH3 is 1. The number of nitrogens with zero attached hydrogens (tertiary/aromatic N) is 1. The third kappa shape index (κ3) is 8.13. The lowest BCUT2D eigenvalue weighted by Gasteiger charge is -2.24. The van der Waals surface area contributed by atoms with Crippen molar-refractivity contribution in [2.75, 3.05) is 25.7 Å². The zero-order chi connectivity index (χ0) is 25.1. The smallest absolute Gasteiger partial charge is 0.341 e. The van der Waals surface area contributed by atoms with Gasteiger partial charge < -0.3 is 20.2 Å². The lowest BCUT2D eigenvalue weighted by Crippen LogP contribution is -2.54. The van der Waals surface area contributed by atoms with Gasteiger partial charge in [0.25, 0.3) is 0 Å². The topological polar surface area (TPSA) is 121 Å². The predicted octanol–water partition coefficient (Wildman–Crippen LogP) is 3.61. The fourth-order valence-corrected chi connectivity index (χ4v) is 3.10. The van der Waals surface area contributed by atoms with E-state index in [9.17, 15) is 14.4 Å². The van der Waals surface area contributed by atoms with Crippen molar-refractivity contribution in [1.29, 1.82) is 0 Å². The molecule has 0 unspecified atom stereocenters. The number of anilines is 1. The summed E-state index contributed by atoms with van der Waals surface area (Å²) in [7, 11) is 1.24. The Morgan fingerprint density at radius 1 is 1.09 bits per heavy atom. The van der Waals surface area contributed by atoms with Gasteiger partial charge in [-0.2, -0.15) is 0 Å². The van der Waals surface area contributed by atoms with Crippen LogP contribution in [0.3, 0.4) is 0 Å². The summed E-state index contributed by atoms with van der Waals surface area (Å²) in [6, 6.07) is 11.2. The molecule has 11 heteroatoms. The predicted molar refractivity (Wildman–Crippen MR) is 129 cm³/mol. The minimum Gasteiger partial charge on any atom is -0.492 e. The fourth-order valence-electron chi connectivity index (χ4n) is 2.86. The maximum absolute atomic E-state index is 12.8. The molecule has 0 saturated carbocycles. The normalized spacial score (nSPS) is 11.2. The van der Waals surface area contributed by atoms with Gasteiger partial charge in [-0.15, -0.1) is 5.53 Å². The second kappa shape index (κ2) is 13.3. The van der Waals surface area contributed by atoms with Gasteiger partial charge >= 0.3 is 18.0 Å². The monoisotopic (exact) mass is 491 g/mol. The highest BCUT2D eigenvalue weighted by molar-refractivity contribution is 6.32. The molecule has 4 N–H and O–H groups in total. The molecule has 0 radical (unpaired) electrons. The molecule has 184 valence electrons. The third-order valence-corrected chi connectivity index (χ3v) is 5.02. The highest BCUT2D eigenvalue weighted by Crippen LogP contribution is 2.27. The summed E-state index contributed by atoms with van der Waals surface area (Å²) in [6.45, 7) is 5.88. The van der Waals surface area contributed by atoms with Crippen LogP contribution < -0.4 is 26.4 Å². The number of aryl methyl sites for hydroxylation is 1. The Kier molecular flexibility index (Phi) is 10.4. The minimum absolute atomic E-state index is 0.186. The molecule has 0 aliphatic heterocycles. The molecule has 2 aromatic rings. The molecule has 34 heavy (non-hydrogen) atoms. The number of imide groups is 1. The molecule has 0 fully saturated rings. The molecule has 1 atom stereocenters. The number of amides is 4. The first-order valence-corrected chi connectivity index (χ1v) is 11.0. The molecule has 0 saturated heterocycles. The van der Waals surface area contributed by atoms with E-state index in [-0.39, 0.29) is 13.1 Å². The van der Waals surface area contributed by atoms with Crippen molar-refractivity contribution in [2.45, 2.75) is 27.3 Å². The highest BCUT2D eigenvalue weighted by atomic mass is 35.5. The van der Waals surface area contributed by atoms with Gasteiger partial charge in [0, 0.05) is 13.1 Å². The molecule has 0 bridgehead atoms. The van der Waals surface area contributed by atoms with Gasteiger partial charge in [0.05, 0.1) is 30.3 Å². The molecule has 0 aliphatic carbocycles. The van der Waals surface area contributed by atoms with Crippen LogP contribution in [0.4, 0.5) is 15.3 Å². The zero-order valence-corrected chi connectivity index (χ0v) is 20.4. The largest absolute Gasteiger partial charge is 0.492 e. The van der Waals surface area contributed by atoms with Gasteiger partial charge in [-0.25, -0.2) is 14.5 Å². The van der Waals surface area contributed by atoms with E-state index in [1.807, 2.05) is 38.1 Å². The lowest BCUT2D eigenvalue weighted by molar-refractivity contribution is -0.144. The summed E-state index contributed by atoms with van der Waals surface area (Å²) >= 11 is 6.15. The molecule has 0 aromatic heterocycles. The number of carbonyl (C=O) groups excluding carboxylic acids is 3. The van der Waals surface area contributed by atoms with Gasteiger partial charge in [0.1, 0.15) is 5.75 Å². The number of hydrazine groups is 2. The van der Waals surface area contributed by atoms with Crippen LogP contribution in [-0.4, -0.2) is 43.2 Å². The van der Waals surface area contributed by atoms with Crippen molar-refractivity contribution in [1.82, 2.24) is 21.2 Å². The Labute approximate surface area is 203 Å². The summed E-state index contributed by atoms with van der Waals surface area (Å²) in [5.74, 6) is -0.732. The van der Waals surface area contributed by atoms with Crippen LogP contribution in [0.15, 0.2) is 42.5 Å². The van der Waals surface area contributed by atoms with Crippen LogP contribution in [0.25, 0.3) is 0 Å². The average Bonchev–Trinajstić information content (AvgIpc) is 2.82. The molecular weight excluding hydrogens is 462 g/mol. The van der Waals surface area contributed by atoms with E-state index in [4.69, 9.17) is 21.1 Å². The first kappa shape index (κ1) is 26.7. The average molecular weight is 492 g/mol. The zero-order valence-electron chi connectivity index (χ0n) is 19.6. The number of hydrogen-bond donors (Lipinski definition) is 4. The number of esters is 1. The Hall–Kier alpha value is -3.50. The number of nitrogens with one attached hydrogen (secondary N) is 4. The number of benzene rings is 2. The van der Waals surface area contributed by atoms with Gasteiger partial charge in [-0.3, -0.25) is 10.2 Å². The summed E-state index contributed by atoms with van der Waals surface area (Å²) in [5.41, 5.74) is 10.2. The molecular formula is C23H30ClN5O5. The Balaban J connectivity index is 2.00. The maximum atomic E-state index is 12.8. The summed E-state index contributed by atoms with van der Waals surface area (Å²) < 4.78 is 10.1. The number of ether oxygens (including phenoxy) is 2. The third-order valence-electron chi connectivity index (χ3n) is 4.72. The molecule has 4 amide bonds. The molecule has 2 aromatic carbocycles. The van der Waals surface area contributed by atoms with Crippen LogP contribution in [0, 0.1) is 12.8 Å². The van der Waals surface area contributed by atoms with Crippen LogP contribution >= 0.6 is 11.6 Å². The van der Waals surface area contributed by atoms with Gasteiger partial charge in [-0.05, 0) is 37.6 Å². The standard InChI is InChI=1S/C23H30ClN5O5/c1-5-34-20-11-10-18(12-19(20)24)26-28-27-23(32)29(14-16(3)21(30)33-4)22(31)25-13-17-8-6-15(2)7-9-17/h6-12,16,26,28H,5,13-14H2,1-4H3,(H,25,31)(H,27,32)/t16-/m1/s1. The highest BCUT2D eigenvalue weighted by Gasteiger charge is 2.26. The summed E-state index contributed by atoms with van der Waals surface area (Å²) in [5, 5.41) is 3.08. The van der Waals surface area contributed by atoms with E-state index in [1.165, 1.54) is 7.11 Å². The molecule has 0 spiro atoms. The van der Waals surface area contributed by atoms with E-state index in [0.29, 0.717) is 23.1 Å². The lowest BCUT2D eigenvalue weighted by atomic mass is 10.1. The number of rotatable bonds is 10. The maximum Gasteiger partial charge on any atom is 0.341 e. The molecule has 2 rings (SSSR count). The Morgan fingerprint density at radius 2 is 1.79 bits per heavy atom. The van der Waals surface area contributed by atoms with E-state index < -0.39 is 23.9 Å². The van der Waals surface area contributed by atoms with Crippen molar-refractivity contribution < 1.29 is 23.9 Å². The number of hydrogen-bond acceptors (Lipinski definition) is 7. The van der Waals surface area contributed by atoms with Crippen molar-refractivity contribution in [2.24, 2.45) is 5.92 Å². The van der Waals surface area contributed by atoms with Gasteiger partial charge in [0.2, 0.25) is 0 Å². The van der Waals surface area contributed by atoms with Crippen molar-refractivity contribution in [3.8, 4) is 5.75 Å². The van der Waals surface area contributed by atoms with Gasteiger partial charge in [0.15, 0.2) is 0 Å². The van der Waals surface area contributed by atoms with Crippen LogP contribution in [0.5, 0.6) is 5.75 Å². The van der Waals surface area contributed by atoms with Crippen molar-refractivity contribution in [3.63, 3.8) is 0 Å². The number of urea groups is 2. The SMILES string of the molecule is CCOc1ccc(NNNC(=O)N(C[C@@H](C)C(=O)OC)C(=O)NCc2ccc(C)cc2)cc1Cl. The fraction of sp³-hybridized carbons (Fsp3) is 0.348. The Bertz CT molecular complexity index is 986. The van der Waals surface area contributed by atoms with E-state index in [0.717, 1.165) is 16.0 Å². The van der Waals surface area contributed by atoms with E-state index >= 15 is 0 Å². The van der Waals surface area contributed by atoms with Crippen molar-refractivity contribution in [3.05, 3.63) is 58.6 Å². The van der Waals surface area contributed by atoms with E-state index in [2.05, 4.69) is 21.7 Å². The van der Waals surface area contributed by atoms with Crippen LogP contribution in [-0.2, 0) is 16.1 Å². The minimum atomic E-state index is -0.776. The second-order valence-electron chi connectivity index (χ2n) is 7.44. The van der Waals surface area contributed by atoms with Gasteiger partial charge in [-0.1, -0.05) is 48.4 Å². The van der Waals surface area contributed by atoms with E-state index in [1.54, 1.807) is 25.1 Å². The first-order valence-electron chi connectivity index (χ1n) is 10.7. The van der Waals surface area contributed by atoms with Crippen LogP contribution in [0.1, 0.15) is 25.0 Å². The summed E-state index contributed by atoms with van der Waals surface area (Å²) in [4.78, 5) is 38.2. The number of halogens is 1. The molecule has 0 heterocycles. The van der Waals surface area contributed by atoms with Crippen molar-refractivity contribution >= 4 is 35.3 Å². The molecule has 10 nitrogen and oxygen atoms in total. The second-order valence-corrected chi connectivity index (χ2v) is 7.84. The quantitative estimate of drug-likeness (QED) is 0.296. The Morgan fingerprint density at radius 3 is 2.41 bits per heavy atom. The summed E-state index contributed by atoms with van der Waals surface area (Å²) in [6.07, 6.45) is 0. The number of carbonyl (C=O) groups is 3. The molecule has 0 aliphatic rings. The van der Waals surface area contributed by atoms with Crippen LogP contribution in [0.2, 0.25) is 5.02 Å².